The molecule has 0 saturated carbocycles. The largest absolute Gasteiger partial charge is 0.370 e. The van der Waals surface area contributed by atoms with Crippen LogP contribution in [0, 0.1) is 20.8 Å². The molecule has 6 heteroatoms. The molecule has 5 nitrogen and oxygen atoms in total. The standard InChI is InChI=1S/C13H18ClN5/c1-9-7-10(2)19(18-9)6-4-5-15-13-8-12(14)16-11(3)17-13/h7-8H,4-6H2,1-3H3,(H,15,16,17). The van der Waals surface area contributed by atoms with Crippen molar-refractivity contribution in [2.75, 3.05) is 11.9 Å². The van der Waals surface area contributed by atoms with Gasteiger partial charge in [-0.3, -0.25) is 4.68 Å². The van der Waals surface area contributed by atoms with E-state index in [-0.39, 0.29) is 0 Å². The van der Waals surface area contributed by atoms with E-state index < -0.39 is 0 Å². The van der Waals surface area contributed by atoms with Crippen molar-refractivity contribution in [2.24, 2.45) is 0 Å². The highest BCUT2D eigenvalue weighted by atomic mass is 35.5. The molecule has 0 amide bonds. The Morgan fingerprint density at radius 1 is 1.21 bits per heavy atom. The summed E-state index contributed by atoms with van der Waals surface area (Å²) >= 11 is 5.88. The molecule has 2 aromatic rings. The Bertz CT molecular complexity index is 544. The first-order valence-corrected chi connectivity index (χ1v) is 6.68. The van der Waals surface area contributed by atoms with E-state index in [1.165, 1.54) is 5.69 Å². The molecule has 102 valence electrons. The van der Waals surface area contributed by atoms with Crippen LogP contribution in [0.3, 0.4) is 0 Å². The van der Waals surface area contributed by atoms with Crippen molar-refractivity contribution < 1.29 is 0 Å². The Morgan fingerprint density at radius 2 is 2.00 bits per heavy atom. The lowest BCUT2D eigenvalue weighted by Gasteiger charge is -2.07. The first-order valence-electron chi connectivity index (χ1n) is 6.31. The molecular formula is C13H18ClN5. The molecule has 0 radical (unpaired) electrons. The van der Waals surface area contributed by atoms with Crippen LogP contribution >= 0.6 is 11.6 Å². The van der Waals surface area contributed by atoms with Crippen LogP contribution in [0.4, 0.5) is 5.82 Å². The van der Waals surface area contributed by atoms with Gasteiger partial charge in [-0.1, -0.05) is 11.6 Å². The van der Waals surface area contributed by atoms with Crippen molar-refractivity contribution in [3.8, 4) is 0 Å². The molecule has 0 bridgehead atoms. The smallest absolute Gasteiger partial charge is 0.134 e. The van der Waals surface area contributed by atoms with E-state index in [2.05, 4.69) is 33.4 Å². The fourth-order valence-electron chi connectivity index (χ4n) is 1.97. The van der Waals surface area contributed by atoms with Gasteiger partial charge in [0.1, 0.15) is 16.8 Å². The second-order valence-electron chi connectivity index (χ2n) is 4.55. The van der Waals surface area contributed by atoms with E-state index in [4.69, 9.17) is 11.6 Å². The number of nitrogens with zero attached hydrogens (tertiary/aromatic N) is 4. The molecule has 0 unspecified atom stereocenters. The van der Waals surface area contributed by atoms with Crippen molar-refractivity contribution >= 4 is 17.4 Å². The van der Waals surface area contributed by atoms with Gasteiger partial charge in [0.2, 0.25) is 0 Å². The number of halogens is 1. The van der Waals surface area contributed by atoms with Crippen LogP contribution in [-0.2, 0) is 6.54 Å². The van der Waals surface area contributed by atoms with Gasteiger partial charge in [0, 0.05) is 24.8 Å². The number of aryl methyl sites for hydroxylation is 4. The van der Waals surface area contributed by atoms with Crippen molar-refractivity contribution in [2.45, 2.75) is 33.7 Å². The van der Waals surface area contributed by atoms with Crippen molar-refractivity contribution in [3.63, 3.8) is 0 Å². The van der Waals surface area contributed by atoms with Crippen LogP contribution in [0.5, 0.6) is 0 Å². The van der Waals surface area contributed by atoms with Crippen LogP contribution < -0.4 is 5.32 Å². The summed E-state index contributed by atoms with van der Waals surface area (Å²) in [6.45, 7) is 7.62. The predicted octanol–water partition coefficient (Wildman–Crippen LogP) is 2.75. The Hall–Kier alpha value is -1.62. The zero-order chi connectivity index (χ0) is 13.8. The monoisotopic (exact) mass is 279 g/mol. The van der Waals surface area contributed by atoms with Crippen molar-refractivity contribution in [1.29, 1.82) is 0 Å². The average Bonchev–Trinajstić information content (AvgIpc) is 2.62. The molecule has 2 rings (SSSR count). The second kappa shape index (κ2) is 6.02. The Balaban J connectivity index is 1.82. The Kier molecular flexibility index (Phi) is 4.37. The maximum atomic E-state index is 5.88. The van der Waals surface area contributed by atoms with Gasteiger partial charge in [-0.05, 0) is 33.3 Å². The highest BCUT2D eigenvalue weighted by Crippen LogP contribution is 2.11. The number of hydrogen-bond donors (Lipinski definition) is 1. The lowest BCUT2D eigenvalue weighted by Crippen LogP contribution is -2.10. The molecule has 0 saturated heterocycles. The number of hydrogen-bond acceptors (Lipinski definition) is 4. The van der Waals surface area contributed by atoms with E-state index in [0.717, 1.165) is 31.0 Å². The van der Waals surface area contributed by atoms with Gasteiger partial charge >= 0.3 is 0 Å². The van der Waals surface area contributed by atoms with Crippen molar-refractivity contribution in [3.05, 3.63) is 34.5 Å². The first-order chi connectivity index (χ1) is 9.04. The summed E-state index contributed by atoms with van der Waals surface area (Å²) in [7, 11) is 0. The topological polar surface area (TPSA) is 55.6 Å². The molecule has 2 heterocycles. The first kappa shape index (κ1) is 13.8. The lowest BCUT2D eigenvalue weighted by molar-refractivity contribution is 0.573. The lowest BCUT2D eigenvalue weighted by atomic mass is 10.4. The molecule has 0 fully saturated rings. The van der Waals surface area contributed by atoms with Crippen LogP contribution in [0.1, 0.15) is 23.6 Å². The fourth-order valence-corrected chi connectivity index (χ4v) is 2.19. The summed E-state index contributed by atoms with van der Waals surface area (Å²) in [6, 6.07) is 3.82. The molecule has 0 spiro atoms. The van der Waals surface area contributed by atoms with E-state index in [1.807, 2.05) is 18.5 Å². The van der Waals surface area contributed by atoms with Gasteiger partial charge in [-0.15, -0.1) is 0 Å². The number of nitrogens with one attached hydrogen (secondary N) is 1. The highest BCUT2D eigenvalue weighted by Gasteiger charge is 2.01. The summed E-state index contributed by atoms with van der Waals surface area (Å²) in [6.07, 6.45) is 0.975. The minimum Gasteiger partial charge on any atom is -0.370 e. The summed E-state index contributed by atoms with van der Waals surface area (Å²) in [5.41, 5.74) is 2.25. The molecule has 0 aromatic carbocycles. The molecule has 1 N–H and O–H groups in total. The Labute approximate surface area is 118 Å². The van der Waals surface area contributed by atoms with Gasteiger partial charge < -0.3 is 5.32 Å². The SMILES string of the molecule is Cc1cc(C)n(CCCNc2cc(Cl)nc(C)n2)n1. The highest BCUT2D eigenvalue weighted by molar-refractivity contribution is 6.29. The minimum absolute atomic E-state index is 0.466. The fraction of sp³-hybridized carbons (Fsp3) is 0.462. The third-order valence-electron chi connectivity index (χ3n) is 2.76. The average molecular weight is 280 g/mol. The zero-order valence-corrected chi connectivity index (χ0v) is 12.2. The van der Waals surface area contributed by atoms with Gasteiger partial charge in [0.05, 0.1) is 5.69 Å². The molecular weight excluding hydrogens is 262 g/mol. The normalized spacial score (nSPS) is 10.7. The maximum absolute atomic E-state index is 5.88. The molecule has 0 aliphatic heterocycles. The third-order valence-corrected chi connectivity index (χ3v) is 2.96. The third kappa shape index (κ3) is 3.92. The quantitative estimate of drug-likeness (QED) is 0.675. The van der Waals surface area contributed by atoms with E-state index in [0.29, 0.717) is 11.0 Å². The zero-order valence-electron chi connectivity index (χ0n) is 11.4. The molecule has 0 aliphatic carbocycles. The molecule has 19 heavy (non-hydrogen) atoms. The van der Waals surface area contributed by atoms with E-state index in [1.54, 1.807) is 6.07 Å². The van der Waals surface area contributed by atoms with Crippen LogP contribution in [0.2, 0.25) is 5.15 Å². The maximum Gasteiger partial charge on any atom is 0.134 e. The summed E-state index contributed by atoms with van der Waals surface area (Å²) in [5.74, 6) is 1.44. The van der Waals surface area contributed by atoms with Gasteiger partial charge in [0.25, 0.3) is 0 Å². The van der Waals surface area contributed by atoms with Crippen LogP contribution in [0.15, 0.2) is 12.1 Å². The minimum atomic E-state index is 0.466. The number of anilines is 1. The predicted molar refractivity (Wildman–Crippen MR) is 76.6 cm³/mol. The molecule has 0 aliphatic rings. The second-order valence-corrected chi connectivity index (χ2v) is 4.94. The van der Waals surface area contributed by atoms with Crippen molar-refractivity contribution in [1.82, 2.24) is 19.7 Å². The van der Waals surface area contributed by atoms with Gasteiger partial charge in [0.15, 0.2) is 0 Å². The number of rotatable bonds is 5. The van der Waals surface area contributed by atoms with E-state index in [9.17, 15) is 0 Å². The van der Waals surface area contributed by atoms with Crippen LogP contribution in [-0.4, -0.2) is 26.3 Å². The van der Waals surface area contributed by atoms with Gasteiger partial charge in [-0.25, -0.2) is 9.97 Å². The van der Waals surface area contributed by atoms with Gasteiger partial charge in [-0.2, -0.15) is 5.10 Å². The number of aromatic nitrogens is 4. The summed E-state index contributed by atoms with van der Waals surface area (Å²) < 4.78 is 2.02. The van der Waals surface area contributed by atoms with E-state index >= 15 is 0 Å². The van der Waals surface area contributed by atoms with Crippen LogP contribution in [0.25, 0.3) is 0 Å². The molecule has 0 atom stereocenters. The summed E-state index contributed by atoms with van der Waals surface area (Å²) in [5, 5.41) is 8.14. The summed E-state index contributed by atoms with van der Waals surface area (Å²) in [4.78, 5) is 8.30. The Morgan fingerprint density at radius 3 is 2.63 bits per heavy atom. The molecule has 2 aromatic heterocycles.